The summed E-state index contributed by atoms with van der Waals surface area (Å²) in [6.45, 7) is 12.8. The van der Waals surface area contributed by atoms with Gasteiger partial charge in [-0.15, -0.1) is 0 Å². The quantitative estimate of drug-likeness (QED) is 0.100. The lowest BCUT2D eigenvalue weighted by atomic mass is 9.56. The van der Waals surface area contributed by atoms with Gasteiger partial charge in [0.05, 0.1) is 48.7 Å². The first-order valence-corrected chi connectivity index (χ1v) is 11.0. The van der Waals surface area contributed by atoms with Crippen molar-refractivity contribution in [2.24, 2.45) is 23.7 Å². The summed E-state index contributed by atoms with van der Waals surface area (Å²) in [6.07, 6.45) is 4.65. The fourth-order valence-corrected chi connectivity index (χ4v) is 3.40. The van der Waals surface area contributed by atoms with Gasteiger partial charge in [-0.1, -0.05) is 26.3 Å². The van der Waals surface area contributed by atoms with Crippen LogP contribution in [0.1, 0.15) is 0 Å². The van der Waals surface area contributed by atoms with Gasteiger partial charge < -0.3 is 37.9 Å². The summed E-state index contributed by atoms with van der Waals surface area (Å²) in [4.78, 5) is 51.4. The predicted octanol–water partition coefficient (Wildman–Crippen LogP) is 1.28. The molecular formula is C24H32O12. The van der Waals surface area contributed by atoms with Crippen molar-refractivity contribution in [3.8, 4) is 0 Å². The standard InChI is InChI=1S/C24H32O12/c1-5-29-9-13-33-21(25)17-18(22(26)34-14-10-30-6-2)20(24(28)36-16-12-32-8-4)19(17)23(27)35-15-11-31-7-3/h5-8,17-20H,1-4,9-16H2. The van der Waals surface area contributed by atoms with Crippen molar-refractivity contribution in [3.05, 3.63) is 51.4 Å². The Morgan fingerprint density at radius 2 is 0.611 bits per heavy atom. The second-order valence-electron chi connectivity index (χ2n) is 6.92. The molecule has 1 aliphatic rings. The van der Waals surface area contributed by atoms with Crippen LogP contribution in [0.4, 0.5) is 0 Å². The molecule has 1 aliphatic carbocycles. The van der Waals surface area contributed by atoms with Crippen molar-refractivity contribution in [1.29, 1.82) is 0 Å². The van der Waals surface area contributed by atoms with Gasteiger partial charge in [0.25, 0.3) is 0 Å². The maximum atomic E-state index is 12.9. The van der Waals surface area contributed by atoms with E-state index >= 15 is 0 Å². The average Bonchev–Trinajstić information content (AvgIpc) is 2.84. The minimum atomic E-state index is -1.36. The Morgan fingerprint density at radius 1 is 0.417 bits per heavy atom. The molecule has 200 valence electrons. The van der Waals surface area contributed by atoms with Gasteiger partial charge in [-0.25, -0.2) is 0 Å². The van der Waals surface area contributed by atoms with Crippen LogP contribution in [-0.2, 0) is 57.1 Å². The van der Waals surface area contributed by atoms with Gasteiger partial charge in [0, 0.05) is 0 Å². The molecule has 0 spiro atoms. The van der Waals surface area contributed by atoms with Gasteiger partial charge in [-0.05, 0) is 0 Å². The van der Waals surface area contributed by atoms with Gasteiger partial charge in [0.15, 0.2) is 0 Å². The van der Waals surface area contributed by atoms with E-state index in [1.807, 2.05) is 0 Å². The molecule has 0 aliphatic heterocycles. The van der Waals surface area contributed by atoms with E-state index in [1.54, 1.807) is 0 Å². The van der Waals surface area contributed by atoms with Gasteiger partial charge in [-0.2, -0.15) is 0 Å². The largest absolute Gasteiger partial charge is 0.498 e. The number of hydrogen-bond acceptors (Lipinski definition) is 12. The van der Waals surface area contributed by atoms with Crippen LogP contribution in [-0.4, -0.2) is 76.7 Å². The molecule has 0 aromatic heterocycles. The average molecular weight is 513 g/mol. The maximum Gasteiger partial charge on any atom is 0.310 e. The van der Waals surface area contributed by atoms with Crippen LogP contribution in [0, 0.1) is 23.7 Å². The number of hydrogen-bond donors (Lipinski definition) is 0. The number of rotatable bonds is 20. The molecule has 1 fully saturated rings. The molecule has 36 heavy (non-hydrogen) atoms. The molecule has 0 unspecified atom stereocenters. The normalized spacial score (nSPS) is 19.8. The van der Waals surface area contributed by atoms with Gasteiger partial charge in [0.2, 0.25) is 0 Å². The Hall–Kier alpha value is -3.96. The molecule has 0 heterocycles. The molecule has 0 aromatic carbocycles. The lowest BCUT2D eigenvalue weighted by Crippen LogP contribution is -2.61. The highest BCUT2D eigenvalue weighted by molar-refractivity contribution is 5.97. The summed E-state index contributed by atoms with van der Waals surface area (Å²) in [6, 6.07) is 0. The van der Waals surface area contributed by atoms with Gasteiger partial charge in [-0.3, -0.25) is 19.2 Å². The lowest BCUT2D eigenvalue weighted by molar-refractivity contribution is -0.201. The van der Waals surface area contributed by atoms with Crippen molar-refractivity contribution >= 4 is 23.9 Å². The SMILES string of the molecule is C=COCCOC(=O)C1C(C(=O)OCCOC=C)C(C(=O)OCCOC=C)C1C(=O)OCCOC=C. The van der Waals surface area contributed by atoms with E-state index < -0.39 is 47.5 Å². The minimum Gasteiger partial charge on any atom is -0.498 e. The molecule has 1 saturated carbocycles. The summed E-state index contributed by atoms with van der Waals surface area (Å²) in [5.74, 6) is -9.09. The highest BCUT2D eigenvalue weighted by Gasteiger charge is 2.66. The van der Waals surface area contributed by atoms with Crippen LogP contribution in [0.3, 0.4) is 0 Å². The Kier molecular flexibility index (Phi) is 14.6. The van der Waals surface area contributed by atoms with E-state index in [2.05, 4.69) is 26.3 Å². The van der Waals surface area contributed by atoms with E-state index in [9.17, 15) is 19.2 Å². The van der Waals surface area contributed by atoms with Gasteiger partial charge >= 0.3 is 23.9 Å². The Bertz CT molecular complexity index is 641. The van der Waals surface area contributed by atoms with Crippen molar-refractivity contribution in [1.82, 2.24) is 0 Å². The molecule has 0 atom stereocenters. The van der Waals surface area contributed by atoms with E-state index in [4.69, 9.17) is 37.9 Å². The third kappa shape index (κ3) is 9.35. The lowest BCUT2D eigenvalue weighted by Gasteiger charge is -2.45. The molecular weight excluding hydrogens is 480 g/mol. The van der Waals surface area contributed by atoms with E-state index in [0.717, 1.165) is 25.0 Å². The van der Waals surface area contributed by atoms with Crippen molar-refractivity contribution in [3.63, 3.8) is 0 Å². The van der Waals surface area contributed by atoms with Crippen molar-refractivity contribution < 1.29 is 57.1 Å². The first-order chi connectivity index (χ1) is 17.4. The van der Waals surface area contributed by atoms with Gasteiger partial charge in [0.1, 0.15) is 52.9 Å². The van der Waals surface area contributed by atoms with E-state index in [-0.39, 0.29) is 52.9 Å². The third-order valence-corrected chi connectivity index (χ3v) is 4.89. The molecule has 12 heteroatoms. The summed E-state index contributed by atoms with van der Waals surface area (Å²) in [5, 5.41) is 0. The number of esters is 4. The van der Waals surface area contributed by atoms with Crippen LogP contribution in [0.25, 0.3) is 0 Å². The number of carbonyl (C=O) groups is 4. The van der Waals surface area contributed by atoms with E-state index in [0.29, 0.717) is 0 Å². The highest BCUT2D eigenvalue weighted by atomic mass is 16.6. The zero-order chi connectivity index (χ0) is 26.8. The van der Waals surface area contributed by atoms with Crippen LogP contribution < -0.4 is 0 Å². The van der Waals surface area contributed by atoms with Crippen LogP contribution in [0.15, 0.2) is 51.4 Å². The van der Waals surface area contributed by atoms with Crippen molar-refractivity contribution in [2.75, 3.05) is 52.9 Å². The predicted molar refractivity (Wildman–Crippen MR) is 122 cm³/mol. The molecule has 1 rings (SSSR count). The monoisotopic (exact) mass is 512 g/mol. The zero-order valence-corrected chi connectivity index (χ0v) is 20.0. The second-order valence-corrected chi connectivity index (χ2v) is 6.92. The summed E-state index contributed by atoms with van der Waals surface area (Å²) in [7, 11) is 0. The third-order valence-electron chi connectivity index (χ3n) is 4.89. The molecule has 12 nitrogen and oxygen atoms in total. The highest BCUT2D eigenvalue weighted by Crippen LogP contribution is 2.49. The van der Waals surface area contributed by atoms with Crippen LogP contribution in [0.5, 0.6) is 0 Å². The molecule has 0 N–H and O–H groups in total. The molecule has 0 amide bonds. The number of ether oxygens (including phenoxy) is 8. The van der Waals surface area contributed by atoms with Crippen LogP contribution in [0.2, 0.25) is 0 Å². The molecule has 0 bridgehead atoms. The van der Waals surface area contributed by atoms with Crippen LogP contribution >= 0.6 is 0 Å². The molecule has 0 saturated heterocycles. The topological polar surface area (TPSA) is 142 Å². The fraction of sp³-hybridized carbons (Fsp3) is 0.500. The zero-order valence-electron chi connectivity index (χ0n) is 20.0. The Labute approximate surface area is 209 Å². The summed E-state index contributed by atoms with van der Waals surface area (Å²) < 4.78 is 40.2. The maximum absolute atomic E-state index is 12.9. The minimum absolute atomic E-state index is 0.00125. The first kappa shape index (κ1) is 30.1. The second kappa shape index (κ2) is 17.5. The Balaban J connectivity index is 3.10. The molecule has 0 aromatic rings. The Morgan fingerprint density at radius 3 is 0.778 bits per heavy atom. The van der Waals surface area contributed by atoms with Crippen molar-refractivity contribution in [2.45, 2.75) is 0 Å². The summed E-state index contributed by atoms with van der Waals surface area (Å²) >= 11 is 0. The summed E-state index contributed by atoms with van der Waals surface area (Å²) in [5.41, 5.74) is 0. The van der Waals surface area contributed by atoms with E-state index in [1.165, 1.54) is 0 Å². The fourth-order valence-electron chi connectivity index (χ4n) is 3.40. The smallest absolute Gasteiger partial charge is 0.310 e. The number of carbonyl (C=O) groups excluding carboxylic acids is 4. The molecule has 0 radical (unpaired) electrons. The first-order valence-electron chi connectivity index (χ1n) is 11.0.